The number of aryl methyl sites for hydroxylation is 4. The first kappa shape index (κ1) is 21.4. The van der Waals surface area contributed by atoms with Crippen molar-refractivity contribution in [2.75, 3.05) is 6.54 Å². The second-order valence-corrected chi connectivity index (χ2v) is 10.7. The first-order chi connectivity index (χ1) is 16.4. The third-order valence-electron chi connectivity index (χ3n) is 7.71. The van der Waals surface area contributed by atoms with E-state index in [1.807, 2.05) is 31.4 Å². The Morgan fingerprint density at radius 2 is 1.88 bits per heavy atom. The van der Waals surface area contributed by atoms with E-state index in [2.05, 4.69) is 28.1 Å². The molecule has 1 aliphatic heterocycles. The molecular weight excluding hydrogens is 446 g/mol. The number of ketones is 1. The molecule has 6 rings (SSSR count). The summed E-state index contributed by atoms with van der Waals surface area (Å²) >= 11 is 1.62. The van der Waals surface area contributed by atoms with Crippen LogP contribution in [-0.4, -0.2) is 33.7 Å². The molecule has 3 aliphatic rings. The van der Waals surface area contributed by atoms with Crippen LogP contribution in [0.25, 0.3) is 5.69 Å². The van der Waals surface area contributed by atoms with Gasteiger partial charge in [0.25, 0.3) is 5.91 Å². The Morgan fingerprint density at radius 1 is 1.06 bits per heavy atom. The number of nitrogens with zero attached hydrogens (tertiary/aromatic N) is 2. The molecule has 34 heavy (non-hydrogen) atoms. The highest BCUT2D eigenvalue weighted by Gasteiger charge is 2.54. The van der Waals surface area contributed by atoms with Crippen molar-refractivity contribution in [3.8, 4) is 5.69 Å². The number of fused-ring (bicyclic) bond motifs is 3. The van der Waals surface area contributed by atoms with Gasteiger partial charge in [-0.15, -0.1) is 11.3 Å². The van der Waals surface area contributed by atoms with E-state index in [4.69, 9.17) is 0 Å². The van der Waals surface area contributed by atoms with Crippen LogP contribution in [0.1, 0.15) is 62.6 Å². The fourth-order valence-electron chi connectivity index (χ4n) is 6.05. The molecule has 3 amide bonds. The van der Waals surface area contributed by atoms with Crippen molar-refractivity contribution >= 4 is 29.1 Å². The van der Waals surface area contributed by atoms with E-state index in [0.717, 1.165) is 58.1 Å². The van der Waals surface area contributed by atoms with E-state index in [1.54, 1.807) is 11.3 Å². The van der Waals surface area contributed by atoms with Gasteiger partial charge in [-0.2, -0.15) is 0 Å². The Kier molecular flexibility index (Phi) is 4.81. The lowest BCUT2D eigenvalue weighted by Gasteiger charge is -2.31. The largest absolute Gasteiger partial charge is 0.325 e. The Labute approximate surface area is 202 Å². The van der Waals surface area contributed by atoms with Gasteiger partial charge in [0.1, 0.15) is 5.54 Å². The van der Waals surface area contributed by atoms with Gasteiger partial charge in [-0.25, -0.2) is 4.79 Å². The molecule has 0 radical (unpaired) electrons. The number of benzene rings is 1. The number of hydrogen-bond donors (Lipinski definition) is 1. The highest BCUT2D eigenvalue weighted by atomic mass is 32.1. The van der Waals surface area contributed by atoms with Crippen LogP contribution in [-0.2, 0) is 29.6 Å². The van der Waals surface area contributed by atoms with Crippen molar-refractivity contribution in [3.05, 3.63) is 74.2 Å². The number of nitrogens with one attached hydrogen (secondary N) is 1. The number of rotatable bonds is 4. The molecule has 0 unspecified atom stereocenters. The molecule has 2 aliphatic carbocycles. The van der Waals surface area contributed by atoms with Gasteiger partial charge in [-0.3, -0.25) is 14.5 Å². The molecule has 2 aromatic heterocycles. The van der Waals surface area contributed by atoms with Gasteiger partial charge in [-0.1, -0.05) is 6.07 Å². The first-order valence-electron chi connectivity index (χ1n) is 11.9. The minimum absolute atomic E-state index is 0.220. The van der Waals surface area contributed by atoms with Crippen LogP contribution in [0.4, 0.5) is 4.79 Å². The summed E-state index contributed by atoms with van der Waals surface area (Å²) in [7, 11) is 0. The van der Waals surface area contributed by atoms with E-state index >= 15 is 0 Å². The maximum absolute atomic E-state index is 13.5. The molecule has 3 aromatic rings. The zero-order valence-electron chi connectivity index (χ0n) is 19.4. The van der Waals surface area contributed by atoms with Gasteiger partial charge in [0.2, 0.25) is 0 Å². The summed E-state index contributed by atoms with van der Waals surface area (Å²) in [4.78, 5) is 42.0. The summed E-state index contributed by atoms with van der Waals surface area (Å²) in [5.41, 5.74) is 6.06. The zero-order chi connectivity index (χ0) is 23.6. The third kappa shape index (κ3) is 3.03. The van der Waals surface area contributed by atoms with Crippen molar-refractivity contribution in [1.82, 2.24) is 14.8 Å². The van der Waals surface area contributed by atoms with Crippen LogP contribution < -0.4 is 5.32 Å². The van der Waals surface area contributed by atoms with Crippen LogP contribution in [0.15, 0.2) is 35.7 Å². The number of urea groups is 1. The minimum Gasteiger partial charge on any atom is -0.319 e. The average Bonchev–Trinajstić information content (AvgIpc) is 3.58. The Morgan fingerprint density at radius 3 is 2.74 bits per heavy atom. The third-order valence-corrected chi connectivity index (χ3v) is 8.69. The van der Waals surface area contributed by atoms with Crippen molar-refractivity contribution in [2.45, 2.75) is 57.9 Å². The highest BCUT2D eigenvalue weighted by molar-refractivity contribution is 7.10. The number of amides is 3. The summed E-state index contributed by atoms with van der Waals surface area (Å²) in [5.74, 6) is -0.528. The summed E-state index contributed by atoms with van der Waals surface area (Å²) in [6.07, 6.45) is 5.73. The van der Waals surface area contributed by atoms with Crippen LogP contribution in [0.3, 0.4) is 0 Å². The summed E-state index contributed by atoms with van der Waals surface area (Å²) < 4.78 is 2.10. The predicted octanol–water partition coefficient (Wildman–Crippen LogP) is 4.61. The van der Waals surface area contributed by atoms with Gasteiger partial charge in [0.15, 0.2) is 5.78 Å². The number of Topliss-reactive ketones (excluding diaryl/α,β-unsaturated/α-hetero) is 1. The average molecular weight is 474 g/mol. The normalized spacial score (nSPS) is 21.2. The fourth-order valence-corrected chi connectivity index (χ4v) is 7.05. The maximum Gasteiger partial charge on any atom is 0.325 e. The van der Waals surface area contributed by atoms with E-state index in [-0.39, 0.29) is 18.2 Å². The molecule has 0 bridgehead atoms. The number of carbonyl (C=O) groups is 3. The molecule has 7 heteroatoms. The van der Waals surface area contributed by atoms with Gasteiger partial charge in [0.05, 0.1) is 6.54 Å². The van der Waals surface area contributed by atoms with Crippen molar-refractivity contribution in [1.29, 1.82) is 0 Å². The van der Waals surface area contributed by atoms with Gasteiger partial charge in [-0.05, 0) is 93.1 Å². The summed E-state index contributed by atoms with van der Waals surface area (Å²) in [5, 5.41) is 4.91. The highest BCUT2D eigenvalue weighted by Crippen LogP contribution is 2.42. The molecular formula is C27H27N3O3S. The molecule has 1 fully saturated rings. The smallest absolute Gasteiger partial charge is 0.319 e. The summed E-state index contributed by atoms with van der Waals surface area (Å²) in [6, 6.07) is 9.85. The van der Waals surface area contributed by atoms with Crippen LogP contribution in [0, 0.1) is 13.8 Å². The number of imide groups is 1. The number of aromatic nitrogens is 1. The lowest BCUT2D eigenvalue weighted by molar-refractivity contribution is -0.131. The SMILES string of the molecule is Cc1cc(C(=O)CN2C(=O)N[C@]3(CCCc4sccc43)C2=O)c(C)n1-c1ccc2c(c1)CCC2. The second-order valence-electron chi connectivity index (χ2n) is 9.69. The number of thiophene rings is 1. The quantitative estimate of drug-likeness (QED) is 0.444. The topological polar surface area (TPSA) is 71.4 Å². The van der Waals surface area contributed by atoms with Gasteiger partial charge < -0.3 is 9.88 Å². The van der Waals surface area contributed by atoms with Crippen LogP contribution >= 0.6 is 11.3 Å². The van der Waals surface area contributed by atoms with E-state index in [1.165, 1.54) is 17.5 Å². The molecule has 174 valence electrons. The maximum atomic E-state index is 13.5. The summed E-state index contributed by atoms with van der Waals surface area (Å²) in [6.45, 7) is 3.67. The van der Waals surface area contributed by atoms with Crippen molar-refractivity contribution in [2.24, 2.45) is 0 Å². The first-order valence-corrected chi connectivity index (χ1v) is 12.8. The van der Waals surface area contributed by atoms with Gasteiger partial charge >= 0.3 is 6.03 Å². The molecule has 6 nitrogen and oxygen atoms in total. The van der Waals surface area contributed by atoms with Crippen molar-refractivity contribution < 1.29 is 14.4 Å². The zero-order valence-corrected chi connectivity index (χ0v) is 20.3. The standard InChI is InChI=1S/C27H27N3O3S/c1-16-13-21(17(2)30(16)20-9-8-18-5-3-6-19(18)14-20)23(31)15-29-25(32)27(28-26(29)33)11-4-7-24-22(27)10-12-34-24/h8-10,12-14H,3-7,11,15H2,1-2H3,(H,28,33)/t27-/m0/s1. The fraction of sp³-hybridized carbons (Fsp3) is 0.370. The molecule has 0 saturated carbocycles. The lowest BCUT2D eigenvalue weighted by atomic mass is 9.80. The van der Waals surface area contributed by atoms with E-state index in [0.29, 0.717) is 12.0 Å². The molecule has 1 aromatic carbocycles. The molecule has 1 N–H and O–H groups in total. The minimum atomic E-state index is -1.02. The Balaban J connectivity index is 1.29. The predicted molar refractivity (Wildman–Crippen MR) is 131 cm³/mol. The number of hydrogen-bond acceptors (Lipinski definition) is 4. The molecule has 1 spiro atoms. The Bertz CT molecular complexity index is 1370. The van der Waals surface area contributed by atoms with Crippen LogP contribution in [0.2, 0.25) is 0 Å². The molecule has 1 saturated heterocycles. The number of carbonyl (C=O) groups excluding carboxylic acids is 3. The second kappa shape index (κ2) is 7.67. The monoisotopic (exact) mass is 473 g/mol. The molecule has 3 heterocycles. The van der Waals surface area contributed by atoms with Crippen molar-refractivity contribution in [3.63, 3.8) is 0 Å². The Hall–Kier alpha value is -3.19. The van der Waals surface area contributed by atoms with E-state index in [9.17, 15) is 14.4 Å². The van der Waals surface area contributed by atoms with E-state index < -0.39 is 11.6 Å². The van der Waals surface area contributed by atoms with Gasteiger partial charge in [0, 0.05) is 33.1 Å². The lowest BCUT2D eigenvalue weighted by Crippen LogP contribution is -2.46. The van der Waals surface area contributed by atoms with Crippen LogP contribution in [0.5, 0.6) is 0 Å². The molecule has 1 atom stereocenters.